The molecule has 1 aliphatic carbocycles. The van der Waals surface area contributed by atoms with Crippen molar-refractivity contribution in [3.05, 3.63) is 0 Å². The Bertz CT molecular complexity index is 229. The molecule has 1 saturated heterocycles. The zero-order chi connectivity index (χ0) is 12.3. The van der Waals surface area contributed by atoms with E-state index < -0.39 is 0 Å². The van der Waals surface area contributed by atoms with E-state index in [-0.39, 0.29) is 0 Å². The monoisotopic (exact) mass is 238 g/mol. The molecule has 0 aromatic carbocycles. The number of piperidine rings is 1. The molecule has 2 aliphatic rings. The summed E-state index contributed by atoms with van der Waals surface area (Å²) in [4.78, 5) is 2.79. The van der Waals surface area contributed by atoms with E-state index in [0.717, 1.165) is 30.5 Å². The molecule has 1 saturated carbocycles. The van der Waals surface area contributed by atoms with E-state index in [9.17, 15) is 0 Å². The minimum absolute atomic E-state index is 0.759. The summed E-state index contributed by atoms with van der Waals surface area (Å²) in [5.74, 6) is 1.74. The number of nitrogens with zero attached hydrogens (tertiary/aromatic N) is 1. The lowest BCUT2D eigenvalue weighted by molar-refractivity contribution is 0.0570. The van der Waals surface area contributed by atoms with Gasteiger partial charge in [0.25, 0.3) is 0 Å². The van der Waals surface area contributed by atoms with Crippen LogP contribution in [-0.4, -0.2) is 36.6 Å². The summed E-state index contributed by atoms with van der Waals surface area (Å²) in [5, 5.41) is 3.64. The van der Waals surface area contributed by atoms with Gasteiger partial charge in [0.1, 0.15) is 0 Å². The minimum Gasteiger partial charge on any atom is -0.314 e. The molecule has 0 radical (unpaired) electrons. The SMILES string of the molecule is CCNC1CCN(C2CCCCC2C)CC1C. The summed E-state index contributed by atoms with van der Waals surface area (Å²) >= 11 is 0. The molecule has 1 aliphatic heterocycles. The summed E-state index contributed by atoms with van der Waals surface area (Å²) < 4.78 is 0. The van der Waals surface area contributed by atoms with E-state index in [1.54, 1.807) is 0 Å². The average Bonchev–Trinajstić information content (AvgIpc) is 2.33. The molecule has 2 nitrogen and oxygen atoms in total. The Morgan fingerprint density at radius 3 is 2.47 bits per heavy atom. The second-order valence-corrected chi connectivity index (χ2v) is 6.25. The van der Waals surface area contributed by atoms with Crippen LogP contribution < -0.4 is 5.32 Å². The maximum absolute atomic E-state index is 3.64. The fourth-order valence-electron chi connectivity index (χ4n) is 3.88. The first-order chi connectivity index (χ1) is 8.22. The molecule has 0 aromatic rings. The highest BCUT2D eigenvalue weighted by molar-refractivity contribution is 4.88. The Hall–Kier alpha value is -0.0800. The van der Waals surface area contributed by atoms with Crippen molar-refractivity contribution in [3.63, 3.8) is 0 Å². The van der Waals surface area contributed by atoms with Gasteiger partial charge in [-0.2, -0.15) is 0 Å². The fourth-order valence-corrected chi connectivity index (χ4v) is 3.88. The molecule has 0 bridgehead atoms. The van der Waals surface area contributed by atoms with Crippen molar-refractivity contribution < 1.29 is 0 Å². The highest BCUT2D eigenvalue weighted by atomic mass is 15.2. The van der Waals surface area contributed by atoms with Gasteiger partial charge < -0.3 is 5.32 Å². The zero-order valence-electron chi connectivity index (χ0n) is 11.9. The van der Waals surface area contributed by atoms with Gasteiger partial charge in [-0.15, -0.1) is 0 Å². The van der Waals surface area contributed by atoms with Crippen molar-refractivity contribution in [3.8, 4) is 0 Å². The first-order valence-electron chi connectivity index (χ1n) is 7.69. The van der Waals surface area contributed by atoms with Gasteiger partial charge in [0.15, 0.2) is 0 Å². The molecule has 1 heterocycles. The van der Waals surface area contributed by atoms with E-state index in [1.807, 2.05) is 0 Å². The summed E-state index contributed by atoms with van der Waals surface area (Å²) in [6, 6.07) is 1.64. The van der Waals surface area contributed by atoms with E-state index in [1.165, 1.54) is 45.2 Å². The number of hydrogen-bond donors (Lipinski definition) is 1. The van der Waals surface area contributed by atoms with E-state index in [2.05, 4.69) is 31.0 Å². The van der Waals surface area contributed by atoms with Crippen LogP contribution in [0.2, 0.25) is 0 Å². The summed E-state index contributed by atoms with van der Waals surface area (Å²) in [6.07, 6.45) is 7.15. The maximum Gasteiger partial charge on any atom is 0.0121 e. The van der Waals surface area contributed by atoms with Gasteiger partial charge in [-0.25, -0.2) is 0 Å². The zero-order valence-corrected chi connectivity index (χ0v) is 11.9. The Kier molecular flexibility index (Phi) is 4.87. The smallest absolute Gasteiger partial charge is 0.0121 e. The van der Waals surface area contributed by atoms with Crippen LogP contribution in [0, 0.1) is 11.8 Å². The largest absolute Gasteiger partial charge is 0.314 e. The Morgan fingerprint density at radius 1 is 1.06 bits per heavy atom. The van der Waals surface area contributed by atoms with Crippen LogP contribution in [0.1, 0.15) is 52.9 Å². The minimum atomic E-state index is 0.759. The van der Waals surface area contributed by atoms with Crippen molar-refractivity contribution in [2.75, 3.05) is 19.6 Å². The van der Waals surface area contributed by atoms with Crippen molar-refractivity contribution >= 4 is 0 Å². The van der Waals surface area contributed by atoms with Crippen molar-refractivity contribution in [2.24, 2.45) is 11.8 Å². The Morgan fingerprint density at radius 2 is 1.82 bits per heavy atom. The van der Waals surface area contributed by atoms with Gasteiger partial charge in [-0.05, 0) is 44.2 Å². The molecule has 4 atom stereocenters. The van der Waals surface area contributed by atoms with Gasteiger partial charge in [0, 0.05) is 18.6 Å². The topological polar surface area (TPSA) is 15.3 Å². The van der Waals surface area contributed by atoms with Gasteiger partial charge >= 0.3 is 0 Å². The lowest BCUT2D eigenvalue weighted by Gasteiger charge is -2.45. The van der Waals surface area contributed by atoms with E-state index >= 15 is 0 Å². The third kappa shape index (κ3) is 3.23. The van der Waals surface area contributed by atoms with E-state index in [0.29, 0.717) is 0 Å². The second kappa shape index (κ2) is 6.19. The van der Waals surface area contributed by atoms with Crippen LogP contribution in [0.15, 0.2) is 0 Å². The second-order valence-electron chi connectivity index (χ2n) is 6.25. The van der Waals surface area contributed by atoms with Gasteiger partial charge in [0.05, 0.1) is 0 Å². The van der Waals surface area contributed by atoms with Gasteiger partial charge in [-0.3, -0.25) is 4.90 Å². The summed E-state index contributed by atoms with van der Waals surface area (Å²) in [6.45, 7) is 10.9. The van der Waals surface area contributed by atoms with Gasteiger partial charge in [0.2, 0.25) is 0 Å². The highest BCUT2D eigenvalue weighted by Crippen LogP contribution is 2.31. The van der Waals surface area contributed by atoms with Crippen molar-refractivity contribution in [1.82, 2.24) is 10.2 Å². The molecule has 0 amide bonds. The molecule has 2 rings (SSSR count). The van der Waals surface area contributed by atoms with Crippen molar-refractivity contribution in [1.29, 1.82) is 0 Å². The number of nitrogens with one attached hydrogen (secondary N) is 1. The fraction of sp³-hybridized carbons (Fsp3) is 1.00. The lowest BCUT2D eigenvalue weighted by Crippen LogP contribution is -2.53. The Labute approximate surface area is 107 Å². The molecule has 17 heavy (non-hydrogen) atoms. The standard InChI is InChI=1S/C15H30N2/c1-4-16-14-9-10-17(11-13(14)3)15-8-6-5-7-12(15)2/h12-16H,4-11H2,1-3H3. The number of likely N-dealkylation sites (tertiary alicyclic amines) is 1. The molecule has 2 fully saturated rings. The molecule has 1 N–H and O–H groups in total. The summed E-state index contributed by atoms with van der Waals surface area (Å²) in [5.41, 5.74) is 0. The molecule has 2 heteroatoms. The van der Waals surface area contributed by atoms with Gasteiger partial charge in [-0.1, -0.05) is 33.6 Å². The van der Waals surface area contributed by atoms with Crippen molar-refractivity contribution in [2.45, 2.75) is 65.0 Å². The highest BCUT2D eigenvalue weighted by Gasteiger charge is 2.32. The molecule has 0 spiro atoms. The van der Waals surface area contributed by atoms with E-state index in [4.69, 9.17) is 0 Å². The first kappa shape index (κ1) is 13.4. The first-order valence-corrected chi connectivity index (χ1v) is 7.69. The number of hydrogen-bond acceptors (Lipinski definition) is 2. The molecular formula is C15H30N2. The van der Waals surface area contributed by atoms with Crippen LogP contribution in [-0.2, 0) is 0 Å². The lowest BCUT2D eigenvalue weighted by atomic mass is 9.82. The third-order valence-electron chi connectivity index (χ3n) is 4.94. The summed E-state index contributed by atoms with van der Waals surface area (Å²) in [7, 11) is 0. The maximum atomic E-state index is 3.64. The molecular weight excluding hydrogens is 208 g/mol. The van der Waals surface area contributed by atoms with Crippen LogP contribution in [0.25, 0.3) is 0 Å². The molecule has 0 aromatic heterocycles. The average molecular weight is 238 g/mol. The van der Waals surface area contributed by atoms with Crippen LogP contribution in [0.3, 0.4) is 0 Å². The quantitative estimate of drug-likeness (QED) is 0.813. The predicted molar refractivity (Wildman–Crippen MR) is 74.2 cm³/mol. The Balaban J connectivity index is 1.87. The number of rotatable bonds is 3. The molecule has 100 valence electrons. The third-order valence-corrected chi connectivity index (χ3v) is 4.94. The van der Waals surface area contributed by atoms with Crippen LogP contribution in [0.4, 0.5) is 0 Å². The predicted octanol–water partition coefficient (Wildman–Crippen LogP) is 2.89. The van der Waals surface area contributed by atoms with Crippen LogP contribution >= 0.6 is 0 Å². The molecule has 4 unspecified atom stereocenters. The normalized spacial score (nSPS) is 40.4. The van der Waals surface area contributed by atoms with Crippen LogP contribution in [0.5, 0.6) is 0 Å².